The molecule has 3 aliphatic heterocycles. The predicted octanol–water partition coefficient (Wildman–Crippen LogP) is 4.15. The van der Waals surface area contributed by atoms with Crippen LogP contribution >= 0.6 is 11.6 Å². The van der Waals surface area contributed by atoms with Gasteiger partial charge in [0.2, 0.25) is 0 Å². The highest BCUT2D eigenvalue weighted by molar-refractivity contribution is 6.32. The summed E-state index contributed by atoms with van der Waals surface area (Å²) in [6.07, 6.45) is -8.45. The molecule has 15 nitrogen and oxygen atoms in total. The Balaban J connectivity index is 0.000000179. The first-order chi connectivity index (χ1) is 30.5. The van der Waals surface area contributed by atoms with Gasteiger partial charge in [-0.05, 0) is 67.5 Å². The Morgan fingerprint density at radius 3 is 1.29 bits per heavy atom. The number of pyridine rings is 3. The average Bonchev–Trinajstić information content (AvgIpc) is 3.91. The number of aromatic nitrogens is 3. The van der Waals surface area contributed by atoms with Gasteiger partial charge in [0.25, 0.3) is 17.7 Å². The van der Waals surface area contributed by atoms with Crippen LogP contribution in [-0.2, 0) is 18.5 Å². The van der Waals surface area contributed by atoms with Gasteiger partial charge in [-0.1, -0.05) is 18.0 Å². The predicted molar refractivity (Wildman–Crippen MR) is 222 cm³/mol. The van der Waals surface area contributed by atoms with Crippen LogP contribution in [0.5, 0.6) is 0 Å². The van der Waals surface area contributed by atoms with Gasteiger partial charge >= 0.3 is 18.5 Å². The van der Waals surface area contributed by atoms with Gasteiger partial charge in [-0.15, -0.1) is 0 Å². The van der Waals surface area contributed by atoms with E-state index in [9.17, 15) is 53.9 Å². The van der Waals surface area contributed by atoms with Crippen molar-refractivity contribution in [2.24, 2.45) is 29.0 Å². The molecule has 3 amide bonds. The lowest BCUT2D eigenvalue weighted by atomic mass is 9.93. The van der Waals surface area contributed by atoms with Crippen LogP contribution in [0.3, 0.4) is 0 Å². The van der Waals surface area contributed by atoms with Crippen molar-refractivity contribution in [1.29, 1.82) is 0 Å². The fraction of sp³-hybridized carbons (Fsp3) is 0.550. The number of amides is 3. The molecule has 6 heterocycles. The van der Waals surface area contributed by atoms with Gasteiger partial charge < -0.3 is 43.0 Å². The van der Waals surface area contributed by atoms with Crippen molar-refractivity contribution < 1.29 is 53.9 Å². The molecular weight excluding hydrogens is 903 g/mol. The quantitative estimate of drug-likeness (QED) is 0.152. The maximum Gasteiger partial charge on any atom is 0.433 e. The van der Waals surface area contributed by atoms with E-state index in [0.717, 1.165) is 81.4 Å². The zero-order valence-electron chi connectivity index (χ0n) is 34.9. The molecule has 0 radical (unpaired) electrons. The fourth-order valence-electron chi connectivity index (χ4n) is 8.26. The number of carbonyl (C=O) groups is 3. The van der Waals surface area contributed by atoms with Gasteiger partial charge in [0, 0.05) is 84.6 Å². The van der Waals surface area contributed by atoms with Crippen molar-refractivity contribution in [1.82, 2.24) is 35.8 Å². The lowest BCUT2D eigenvalue weighted by Crippen LogP contribution is -2.52. The molecule has 25 heteroatoms. The molecule has 2 bridgehead atoms. The van der Waals surface area contributed by atoms with Gasteiger partial charge in [0.1, 0.15) is 33.9 Å². The van der Waals surface area contributed by atoms with Crippen LogP contribution in [0.25, 0.3) is 0 Å². The Hall–Kier alpha value is -5.04. The van der Waals surface area contributed by atoms with E-state index < -0.39 is 58.5 Å². The van der Waals surface area contributed by atoms with Crippen molar-refractivity contribution in [3.05, 3.63) is 75.3 Å². The van der Waals surface area contributed by atoms with Crippen LogP contribution in [0.2, 0.25) is 5.15 Å². The first kappa shape index (κ1) is 51.0. The van der Waals surface area contributed by atoms with Gasteiger partial charge in [-0.2, -0.15) is 39.5 Å². The zero-order chi connectivity index (χ0) is 47.7. The first-order valence-electron chi connectivity index (χ1n) is 20.7. The van der Waals surface area contributed by atoms with E-state index in [-0.39, 0.29) is 28.3 Å². The van der Waals surface area contributed by atoms with Crippen molar-refractivity contribution in [3.63, 3.8) is 0 Å². The largest absolute Gasteiger partial charge is 0.433 e. The summed E-state index contributed by atoms with van der Waals surface area (Å²) in [7, 11) is 0. The van der Waals surface area contributed by atoms with E-state index in [0.29, 0.717) is 51.4 Å². The monoisotopic (exact) mass is 952 g/mol. The highest BCUT2D eigenvalue weighted by Crippen LogP contribution is 2.47. The Morgan fingerprint density at radius 2 is 0.938 bits per heavy atom. The normalized spacial score (nSPS) is 21.2. The number of anilines is 2. The Labute approximate surface area is 373 Å². The second-order valence-corrected chi connectivity index (χ2v) is 16.1. The lowest BCUT2D eigenvalue weighted by Gasteiger charge is -2.41. The average molecular weight is 953 g/mol. The van der Waals surface area contributed by atoms with Crippen LogP contribution in [0.15, 0.2) is 36.4 Å². The molecule has 3 saturated heterocycles. The number of hydrogen-bond donors (Lipinski definition) is 6. The number of primary amides is 3. The van der Waals surface area contributed by atoms with Crippen LogP contribution in [0.1, 0.15) is 73.8 Å². The minimum Gasteiger partial charge on any atom is -0.366 e. The van der Waals surface area contributed by atoms with E-state index in [1.165, 1.54) is 25.7 Å². The molecule has 3 unspecified atom stereocenters. The molecule has 5 fully saturated rings. The third kappa shape index (κ3) is 14.0. The number of carbonyl (C=O) groups excluding carboxylic acids is 3. The molecular formula is C40H50ClF9N12O3. The van der Waals surface area contributed by atoms with E-state index in [2.05, 4.69) is 35.8 Å². The number of piperazine rings is 3. The van der Waals surface area contributed by atoms with Crippen molar-refractivity contribution in [3.8, 4) is 0 Å². The second kappa shape index (κ2) is 22.0. The maximum absolute atomic E-state index is 13.0. The summed E-state index contributed by atoms with van der Waals surface area (Å²) in [6.45, 7) is 9.44. The molecule has 9 N–H and O–H groups in total. The summed E-state index contributed by atoms with van der Waals surface area (Å²) in [4.78, 5) is 49.7. The number of hydrogen-bond acceptors (Lipinski definition) is 12. The number of nitrogens with two attached hydrogens (primary N) is 3. The molecule has 3 aromatic heterocycles. The fourth-order valence-corrected chi connectivity index (χ4v) is 8.51. The third-order valence-corrected chi connectivity index (χ3v) is 11.7. The standard InChI is InChI=1S/C18H23F3N4O.C11H13F3N4O.C7H4ClF3N2O.C4H10N2/c19-18(20,21)15-4-3-13(16(22)26)17(23-15)25-7-5-24(6-8-25)14-10-11-1-2-12(14)9-11;12-11(13,14)8-2-1-7(9(15)19)10(17-8)18-5-3-16-4-6-18;8-5-3(6(12)14)1-2-4(13-5)7(9,10)11;1-2-6-4-3-5-1/h3-4,11-12,14H,1-2,5-10H2,(H2,22,26);1-2,16H,3-6H2,(H2,15,19);1-2H,(H2,12,14);5-6H,1-4H2. The number of rotatable bonds is 6. The molecule has 65 heavy (non-hydrogen) atoms. The summed E-state index contributed by atoms with van der Waals surface area (Å²) < 4.78 is 113. The number of alkyl halides is 9. The minimum absolute atomic E-state index is 0.00354. The van der Waals surface area contributed by atoms with Gasteiger partial charge in [0.15, 0.2) is 0 Å². The van der Waals surface area contributed by atoms with Crippen LogP contribution in [0.4, 0.5) is 51.1 Å². The van der Waals surface area contributed by atoms with E-state index >= 15 is 0 Å². The minimum atomic E-state index is -4.58. The first-order valence-corrected chi connectivity index (χ1v) is 21.1. The molecule has 2 aliphatic carbocycles. The van der Waals surface area contributed by atoms with E-state index in [1.807, 2.05) is 0 Å². The van der Waals surface area contributed by atoms with Crippen LogP contribution in [0, 0.1) is 11.8 Å². The van der Waals surface area contributed by atoms with Crippen molar-refractivity contribution >= 4 is 41.0 Å². The highest BCUT2D eigenvalue weighted by Gasteiger charge is 2.43. The SMILES string of the molecule is C1CNCCN1.NC(=O)c1ccc(C(F)(F)F)nc1Cl.NC(=O)c1ccc(C(F)(F)F)nc1N1CCN(C2CC3CCC2C3)CC1.NC(=O)c1ccc(C(F)(F)F)nc1N1CCNCC1. The van der Waals surface area contributed by atoms with Crippen LogP contribution in [-0.4, -0.2) is 122 Å². The Morgan fingerprint density at radius 1 is 0.538 bits per heavy atom. The molecule has 8 rings (SSSR count). The molecule has 0 aromatic carbocycles. The summed E-state index contributed by atoms with van der Waals surface area (Å²) in [5.74, 6) is -0.763. The summed E-state index contributed by atoms with van der Waals surface area (Å²) >= 11 is 5.32. The smallest absolute Gasteiger partial charge is 0.366 e. The second-order valence-electron chi connectivity index (χ2n) is 15.8. The lowest BCUT2D eigenvalue weighted by molar-refractivity contribution is -0.141. The van der Waals surface area contributed by atoms with Gasteiger partial charge in [-0.25, -0.2) is 15.0 Å². The molecule has 0 spiro atoms. The topological polar surface area (TPSA) is 214 Å². The van der Waals surface area contributed by atoms with Gasteiger partial charge in [-0.3, -0.25) is 19.3 Å². The Bertz CT molecular complexity index is 2100. The summed E-state index contributed by atoms with van der Waals surface area (Å²) in [6, 6.07) is 5.94. The van der Waals surface area contributed by atoms with Crippen molar-refractivity contribution in [2.45, 2.75) is 50.3 Å². The molecule has 3 atom stereocenters. The van der Waals surface area contributed by atoms with Gasteiger partial charge in [0.05, 0.1) is 16.7 Å². The summed E-state index contributed by atoms with van der Waals surface area (Å²) in [5.41, 5.74) is 12.0. The Kier molecular flexibility index (Phi) is 17.2. The van der Waals surface area contributed by atoms with E-state index in [4.69, 9.17) is 28.8 Å². The maximum atomic E-state index is 13.0. The number of nitrogens with zero attached hydrogens (tertiary/aromatic N) is 6. The molecule has 3 aromatic rings. The molecule has 5 aliphatic rings. The highest BCUT2D eigenvalue weighted by atomic mass is 35.5. The number of nitrogens with one attached hydrogen (secondary N) is 3. The van der Waals surface area contributed by atoms with Crippen molar-refractivity contribution in [2.75, 3.05) is 88.3 Å². The molecule has 358 valence electrons. The zero-order valence-corrected chi connectivity index (χ0v) is 35.7. The third-order valence-electron chi connectivity index (χ3n) is 11.4. The summed E-state index contributed by atoms with van der Waals surface area (Å²) in [5, 5.41) is 8.97. The van der Waals surface area contributed by atoms with Crippen LogP contribution < -0.4 is 43.0 Å². The number of halogens is 10. The number of fused-ring (bicyclic) bond motifs is 2. The van der Waals surface area contributed by atoms with E-state index in [1.54, 1.807) is 9.80 Å². The molecule has 2 saturated carbocycles.